The van der Waals surface area contributed by atoms with Gasteiger partial charge in [0.1, 0.15) is 0 Å². The second-order valence-electron chi connectivity index (χ2n) is 7.87. The maximum absolute atomic E-state index is 13.0. The molecule has 1 aromatic carbocycles. The number of nitrogens with zero attached hydrogens (tertiary/aromatic N) is 2. The lowest BCUT2D eigenvalue weighted by Gasteiger charge is -2.44. The minimum absolute atomic E-state index is 0.277. The lowest BCUT2D eigenvalue weighted by atomic mass is 9.90. The summed E-state index contributed by atoms with van der Waals surface area (Å²) >= 11 is 0. The number of rotatable bonds is 3. The van der Waals surface area contributed by atoms with Gasteiger partial charge in [-0.15, -0.1) is 0 Å². The highest BCUT2D eigenvalue weighted by atomic mass is 16.5. The average molecular weight is 342 g/mol. The molecule has 2 aliphatic heterocycles. The smallest absolute Gasteiger partial charge is 0.237 e. The van der Waals surface area contributed by atoms with Gasteiger partial charge in [-0.25, -0.2) is 0 Å². The third-order valence-electron chi connectivity index (χ3n) is 6.50. The van der Waals surface area contributed by atoms with Crippen molar-refractivity contribution in [3.05, 3.63) is 35.9 Å². The molecule has 2 heterocycles. The Morgan fingerprint density at radius 2 is 1.92 bits per heavy atom. The molecule has 2 saturated heterocycles. The van der Waals surface area contributed by atoms with Crippen molar-refractivity contribution in [3.8, 4) is 0 Å². The number of hydrogen-bond donors (Lipinski definition) is 0. The molecule has 0 aromatic heterocycles. The van der Waals surface area contributed by atoms with Crippen LogP contribution in [0.15, 0.2) is 30.3 Å². The molecule has 1 aliphatic carbocycles. The highest BCUT2D eigenvalue weighted by molar-refractivity contribution is 5.79. The number of carbonyl (C=O) groups excluding carboxylic acids is 1. The van der Waals surface area contributed by atoms with E-state index in [1.54, 1.807) is 0 Å². The molecule has 4 heteroatoms. The first-order valence-electron chi connectivity index (χ1n) is 9.94. The number of carbonyl (C=O) groups is 1. The standard InChI is InChI=1S/C21H30N2O2/c1-16-18(17-7-3-2-4-8-17)11-12-22(16)15-21(24)23-13-14-25-20-10-6-5-9-19(20)23/h2-4,7-8,16,18-20H,5-6,9-15H2,1H3/t16-,18-,19-,20-/m1/s1. The zero-order chi connectivity index (χ0) is 17.2. The molecule has 4 nitrogen and oxygen atoms in total. The number of morpholine rings is 1. The molecule has 136 valence electrons. The lowest BCUT2D eigenvalue weighted by Crippen LogP contribution is -2.57. The zero-order valence-electron chi connectivity index (χ0n) is 15.3. The zero-order valence-corrected chi connectivity index (χ0v) is 15.3. The Morgan fingerprint density at radius 1 is 1.12 bits per heavy atom. The van der Waals surface area contributed by atoms with E-state index in [1.165, 1.54) is 18.4 Å². The first kappa shape index (κ1) is 17.0. The van der Waals surface area contributed by atoms with Gasteiger partial charge in [-0.3, -0.25) is 9.69 Å². The van der Waals surface area contributed by atoms with Crippen LogP contribution in [0.5, 0.6) is 0 Å². The number of ether oxygens (including phenoxy) is 1. The fourth-order valence-corrected chi connectivity index (χ4v) is 5.04. The first-order chi connectivity index (χ1) is 12.2. The van der Waals surface area contributed by atoms with Gasteiger partial charge in [0.25, 0.3) is 0 Å². The summed E-state index contributed by atoms with van der Waals surface area (Å²) in [5.41, 5.74) is 1.41. The molecular formula is C21H30N2O2. The van der Waals surface area contributed by atoms with Crippen LogP contribution in [-0.4, -0.2) is 60.1 Å². The van der Waals surface area contributed by atoms with Crippen molar-refractivity contribution in [3.63, 3.8) is 0 Å². The van der Waals surface area contributed by atoms with Crippen LogP contribution < -0.4 is 0 Å². The van der Waals surface area contributed by atoms with Gasteiger partial charge in [-0.2, -0.15) is 0 Å². The molecule has 0 N–H and O–H groups in total. The number of likely N-dealkylation sites (tertiary alicyclic amines) is 1. The van der Waals surface area contributed by atoms with Crippen molar-refractivity contribution in [2.75, 3.05) is 26.2 Å². The van der Waals surface area contributed by atoms with Crippen molar-refractivity contribution >= 4 is 5.91 Å². The fraction of sp³-hybridized carbons (Fsp3) is 0.667. The Bertz CT molecular complexity index is 589. The monoisotopic (exact) mass is 342 g/mol. The van der Waals surface area contributed by atoms with E-state index in [-0.39, 0.29) is 6.10 Å². The topological polar surface area (TPSA) is 32.8 Å². The van der Waals surface area contributed by atoms with Gasteiger partial charge in [0.05, 0.1) is 25.3 Å². The minimum atomic E-state index is 0.277. The summed E-state index contributed by atoms with van der Waals surface area (Å²) in [5.74, 6) is 0.849. The number of benzene rings is 1. The van der Waals surface area contributed by atoms with Crippen molar-refractivity contribution in [1.82, 2.24) is 9.80 Å². The van der Waals surface area contributed by atoms with E-state index in [9.17, 15) is 4.79 Å². The van der Waals surface area contributed by atoms with Crippen LogP contribution in [0.4, 0.5) is 0 Å². The van der Waals surface area contributed by atoms with Crippen molar-refractivity contribution in [2.24, 2.45) is 0 Å². The SMILES string of the molecule is C[C@@H]1[C@H](c2ccccc2)CCN1CC(=O)N1CCO[C@@H]2CCCC[C@H]21. The number of amides is 1. The Labute approximate surface area is 151 Å². The van der Waals surface area contributed by atoms with Crippen LogP contribution in [0, 0.1) is 0 Å². The summed E-state index contributed by atoms with van der Waals surface area (Å²) in [6.07, 6.45) is 6.12. The molecule has 0 unspecified atom stereocenters. The second kappa shape index (κ2) is 7.46. The van der Waals surface area contributed by atoms with E-state index in [0.717, 1.165) is 32.4 Å². The van der Waals surface area contributed by atoms with E-state index in [0.29, 0.717) is 37.1 Å². The predicted molar refractivity (Wildman–Crippen MR) is 98.5 cm³/mol. The minimum Gasteiger partial charge on any atom is -0.374 e. The molecule has 3 fully saturated rings. The average Bonchev–Trinajstić information content (AvgIpc) is 3.02. The molecule has 1 amide bonds. The van der Waals surface area contributed by atoms with Crippen LogP contribution in [0.3, 0.4) is 0 Å². The Balaban J connectivity index is 1.39. The van der Waals surface area contributed by atoms with Gasteiger partial charge in [0.2, 0.25) is 5.91 Å². The molecule has 0 radical (unpaired) electrons. The molecule has 0 bridgehead atoms. The Kier molecular flexibility index (Phi) is 5.09. The van der Waals surface area contributed by atoms with Crippen molar-refractivity contribution in [1.29, 1.82) is 0 Å². The normalized spacial score (nSPS) is 33.2. The largest absolute Gasteiger partial charge is 0.374 e. The van der Waals surface area contributed by atoms with Crippen molar-refractivity contribution in [2.45, 2.75) is 63.1 Å². The molecule has 0 spiro atoms. The quantitative estimate of drug-likeness (QED) is 0.846. The van der Waals surface area contributed by atoms with Crippen LogP contribution in [0.2, 0.25) is 0 Å². The van der Waals surface area contributed by atoms with Gasteiger partial charge in [-0.05, 0) is 38.3 Å². The summed E-state index contributed by atoms with van der Waals surface area (Å²) in [5, 5.41) is 0. The summed E-state index contributed by atoms with van der Waals surface area (Å²) in [7, 11) is 0. The van der Waals surface area contributed by atoms with Gasteiger partial charge >= 0.3 is 0 Å². The molecular weight excluding hydrogens is 312 g/mol. The van der Waals surface area contributed by atoms with Crippen LogP contribution in [0.1, 0.15) is 50.5 Å². The highest BCUT2D eigenvalue weighted by Gasteiger charge is 2.39. The van der Waals surface area contributed by atoms with Gasteiger partial charge in [0, 0.05) is 18.5 Å². The third-order valence-corrected chi connectivity index (χ3v) is 6.50. The Hall–Kier alpha value is -1.39. The summed E-state index contributed by atoms with van der Waals surface area (Å²) < 4.78 is 5.92. The summed E-state index contributed by atoms with van der Waals surface area (Å²) in [6, 6.07) is 11.5. The van der Waals surface area contributed by atoms with Crippen LogP contribution >= 0.6 is 0 Å². The maximum Gasteiger partial charge on any atom is 0.237 e. The van der Waals surface area contributed by atoms with E-state index in [1.807, 2.05) is 0 Å². The lowest BCUT2D eigenvalue weighted by molar-refractivity contribution is -0.150. The van der Waals surface area contributed by atoms with E-state index in [2.05, 4.69) is 47.1 Å². The third kappa shape index (κ3) is 3.47. The second-order valence-corrected chi connectivity index (χ2v) is 7.87. The van der Waals surface area contributed by atoms with Crippen molar-refractivity contribution < 1.29 is 9.53 Å². The van der Waals surface area contributed by atoms with Gasteiger partial charge in [0.15, 0.2) is 0 Å². The summed E-state index contributed by atoms with van der Waals surface area (Å²) in [4.78, 5) is 17.5. The maximum atomic E-state index is 13.0. The molecule has 1 aromatic rings. The molecule has 4 rings (SSSR count). The van der Waals surface area contributed by atoms with Gasteiger partial charge in [-0.1, -0.05) is 43.2 Å². The number of fused-ring (bicyclic) bond motifs is 1. The fourth-order valence-electron chi connectivity index (χ4n) is 5.04. The predicted octanol–water partition coefficient (Wildman–Crippen LogP) is 3.03. The van der Waals surface area contributed by atoms with Crippen LogP contribution in [-0.2, 0) is 9.53 Å². The summed E-state index contributed by atoms with van der Waals surface area (Å²) in [6.45, 7) is 5.33. The first-order valence-corrected chi connectivity index (χ1v) is 9.94. The van der Waals surface area contributed by atoms with E-state index in [4.69, 9.17) is 4.74 Å². The highest BCUT2D eigenvalue weighted by Crippen LogP contribution is 2.34. The molecule has 1 saturated carbocycles. The molecule has 3 aliphatic rings. The van der Waals surface area contributed by atoms with E-state index >= 15 is 0 Å². The number of hydrogen-bond acceptors (Lipinski definition) is 3. The Morgan fingerprint density at radius 3 is 2.76 bits per heavy atom. The molecule has 25 heavy (non-hydrogen) atoms. The molecule has 4 atom stereocenters. The van der Waals surface area contributed by atoms with Gasteiger partial charge < -0.3 is 9.64 Å². The van der Waals surface area contributed by atoms with Crippen LogP contribution in [0.25, 0.3) is 0 Å². The van der Waals surface area contributed by atoms with E-state index < -0.39 is 0 Å².